The summed E-state index contributed by atoms with van der Waals surface area (Å²) in [4.78, 5) is 24.7. The van der Waals surface area contributed by atoms with Gasteiger partial charge in [-0.1, -0.05) is 90.9 Å². The number of aliphatic hydroxyl groups excluding tert-OH is 7. The van der Waals surface area contributed by atoms with Crippen molar-refractivity contribution in [3.05, 3.63) is 0 Å². The highest BCUT2D eigenvalue weighted by Crippen LogP contribution is 2.26. The topological polar surface area (TPSA) is 231 Å². The maximum Gasteiger partial charge on any atom is 0.306 e. The number of carbonyl (C=O) groups is 2. The van der Waals surface area contributed by atoms with Gasteiger partial charge in [0.1, 0.15) is 55.4 Å². The molecule has 2 saturated heterocycles. The molecule has 0 spiro atoms. The first-order valence-corrected chi connectivity index (χ1v) is 18.6. The molecule has 0 aromatic rings. The minimum atomic E-state index is -1.75. The molecule has 15 heteroatoms. The minimum absolute atomic E-state index is 0.169. The van der Waals surface area contributed by atoms with Crippen LogP contribution in [0, 0.1) is 0 Å². The van der Waals surface area contributed by atoms with E-state index < -0.39 is 92.7 Å². The standard InChI is InChI=1S/C35H64O15/c1-3-5-6-7-8-9-10-11-12-13-14-15-16-18-27(38)48-23(20-45-26(37)17-4-2)21-46-34-33(44)31(42)29(40)25(50-34)22-47-35-32(43)30(41)28(39)24(19-36)49-35/h23-25,28-36,39-44H,3-22H2,1-2H3/t23-,24-,25-,28+,29+,30+,31+,32-,33-,34-,35+/m1/s1. The molecule has 2 fully saturated rings. The normalized spacial score (nSPS) is 30.6. The van der Waals surface area contributed by atoms with Crippen LogP contribution in [-0.4, -0.2) is 142 Å². The highest BCUT2D eigenvalue weighted by atomic mass is 16.7. The molecule has 2 heterocycles. The van der Waals surface area contributed by atoms with E-state index in [-0.39, 0.29) is 26.1 Å². The first-order chi connectivity index (χ1) is 24.0. The predicted molar refractivity (Wildman–Crippen MR) is 178 cm³/mol. The highest BCUT2D eigenvalue weighted by Gasteiger charge is 2.47. The molecule has 2 rings (SSSR count). The van der Waals surface area contributed by atoms with Gasteiger partial charge in [-0.2, -0.15) is 0 Å². The van der Waals surface area contributed by atoms with E-state index in [1.165, 1.54) is 57.8 Å². The molecule has 15 nitrogen and oxygen atoms in total. The lowest BCUT2D eigenvalue weighted by atomic mass is 9.98. The lowest BCUT2D eigenvalue weighted by Crippen LogP contribution is -2.61. The van der Waals surface area contributed by atoms with E-state index in [0.717, 1.165) is 19.3 Å². The van der Waals surface area contributed by atoms with Crippen LogP contribution in [0.4, 0.5) is 0 Å². The van der Waals surface area contributed by atoms with Crippen LogP contribution in [-0.2, 0) is 38.0 Å². The zero-order chi connectivity index (χ0) is 36.9. The van der Waals surface area contributed by atoms with E-state index in [1.807, 2.05) is 6.92 Å². The fraction of sp³-hybridized carbons (Fsp3) is 0.943. The Bertz CT molecular complexity index is 907. The Morgan fingerprint density at radius 2 is 1.06 bits per heavy atom. The average molecular weight is 725 g/mol. The number of hydrogen-bond acceptors (Lipinski definition) is 15. The van der Waals surface area contributed by atoms with Crippen molar-refractivity contribution in [2.24, 2.45) is 0 Å². The van der Waals surface area contributed by atoms with Crippen LogP contribution in [0.5, 0.6) is 0 Å². The Balaban J connectivity index is 1.81. The molecule has 0 aliphatic carbocycles. The summed E-state index contributed by atoms with van der Waals surface area (Å²) in [6, 6.07) is 0. The quantitative estimate of drug-likeness (QED) is 0.0493. The zero-order valence-electron chi connectivity index (χ0n) is 29.9. The van der Waals surface area contributed by atoms with E-state index in [0.29, 0.717) is 12.8 Å². The Kier molecular flexibility index (Phi) is 22.8. The zero-order valence-corrected chi connectivity index (χ0v) is 29.9. The summed E-state index contributed by atoms with van der Waals surface area (Å²) in [5.74, 6) is -0.984. The first-order valence-electron chi connectivity index (χ1n) is 18.6. The van der Waals surface area contributed by atoms with Gasteiger partial charge in [0.15, 0.2) is 18.7 Å². The molecular formula is C35H64O15. The van der Waals surface area contributed by atoms with Gasteiger partial charge in [-0.05, 0) is 12.8 Å². The molecule has 7 N–H and O–H groups in total. The van der Waals surface area contributed by atoms with E-state index in [2.05, 4.69) is 6.92 Å². The van der Waals surface area contributed by atoms with Gasteiger partial charge in [0.25, 0.3) is 0 Å². The monoisotopic (exact) mass is 724 g/mol. The summed E-state index contributed by atoms with van der Waals surface area (Å²) in [6.45, 7) is 2.15. The van der Waals surface area contributed by atoms with E-state index in [1.54, 1.807) is 0 Å². The van der Waals surface area contributed by atoms with Crippen LogP contribution >= 0.6 is 0 Å². The number of ether oxygens (including phenoxy) is 6. The molecule has 0 aromatic carbocycles. The number of hydrogen-bond donors (Lipinski definition) is 7. The second kappa shape index (κ2) is 25.5. The van der Waals surface area contributed by atoms with Crippen molar-refractivity contribution in [2.45, 2.75) is 184 Å². The van der Waals surface area contributed by atoms with Gasteiger partial charge in [0.2, 0.25) is 0 Å². The third kappa shape index (κ3) is 16.0. The number of carbonyl (C=O) groups excluding carboxylic acids is 2. The van der Waals surface area contributed by atoms with Crippen molar-refractivity contribution in [3.8, 4) is 0 Å². The fourth-order valence-corrected chi connectivity index (χ4v) is 5.90. The molecule has 0 saturated carbocycles. The number of rotatable bonds is 26. The SMILES string of the molecule is CCCCCCCCCCCCCCCC(=O)O[C@H](COC(=O)CCC)CO[C@@H]1O[C@H](CO[C@H]2O[C@H](CO)[C@H](O)[C@H](O)[C@H]2O)[C@H](O)[C@H](O)[C@H]1O. The van der Waals surface area contributed by atoms with E-state index in [4.69, 9.17) is 28.4 Å². The van der Waals surface area contributed by atoms with Crippen molar-refractivity contribution < 1.29 is 73.8 Å². The third-order valence-corrected chi connectivity index (χ3v) is 9.06. The minimum Gasteiger partial charge on any atom is -0.462 e. The van der Waals surface area contributed by atoms with Crippen molar-refractivity contribution >= 4 is 11.9 Å². The third-order valence-electron chi connectivity index (χ3n) is 9.06. The average Bonchev–Trinajstić information content (AvgIpc) is 3.10. The van der Waals surface area contributed by atoms with Crippen LogP contribution in [0.2, 0.25) is 0 Å². The van der Waals surface area contributed by atoms with Crippen LogP contribution < -0.4 is 0 Å². The maximum atomic E-state index is 12.7. The van der Waals surface area contributed by atoms with Crippen LogP contribution in [0.25, 0.3) is 0 Å². The molecule has 50 heavy (non-hydrogen) atoms. The maximum absolute atomic E-state index is 12.7. The van der Waals surface area contributed by atoms with Gasteiger partial charge < -0.3 is 64.2 Å². The molecule has 0 amide bonds. The summed E-state index contributed by atoms with van der Waals surface area (Å²) in [6.07, 6.45) is -0.696. The van der Waals surface area contributed by atoms with E-state index in [9.17, 15) is 45.3 Å². The Morgan fingerprint density at radius 3 is 1.60 bits per heavy atom. The predicted octanol–water partition coefficient (Wildman–Crippen LogP) is 1.36. The van der Waals surface area contributed by atoms with Crippen LogP contribution in [0.1, 0.15) is 117 Å². The van der Waals surface area contributed by atoms with Gasteiger partial charge in [0, 0.05) is 12.8 Å². The molecule has 0 bridgehead atoms. The van der Waals surface area contributed by atoms with Crippen molar-refractivity contribution in [3.63, 3.8) is 0 Å². The van der Waals surface area contributed by atoms with Crippen molar-refractivity contribution in [1.29, 1.82) is 0 Å². The lowest BCUT2D eigenvalue weighted by Gasteiger charge is -2.42. The molecule has 2 aliphatic rings. The molecule has 0 unspecified atom stereocenters. The summed E-state index contributed by atoms with van der Waals surface area (Å²) in [7, 11) is 0. The lowest BCUT2D eigenvalue weighted by molar-refractivity contribution is -0.332. The fourth-order valence-electron chi connectivity index (χ4n) is 5.90. The van der Waals surface area contributed by atoms with Gasteiger partial charge in [-0.3, -0.25) is 9.59 Å². The summed E-state index contributed by atoms with van der Waals surface area (Å²) >= 11 is 0. The van der Waals surface area contributed by atoms with Gasteiger partial charge >= 0.3 is 11.9 Å². The number of aliphatic hydroxyl groups is 7. The molecular weight excluding hydrogens is 660 g/mol. The second-order valence-corrected chi connectivity index (χ2v) is 13.4. The van der Waals surface area contributed by atoms with Crippen molar-refractivity contribution in [1.82, 2.24) is 0 Å². The summed E-state index contributed by atoms with van der Waals surface area (Å²) in [5, 5.41) is 71.1. The van der Waals surface area contributed by atoms with Crippen LogP contribution in [0.3, 0.4) is 0 Å². The smallest absolute Gasteiger partial charge is 0.306 e. The number of esters is 2. The molecule has 2 aliphatic heterocycles. The van der Waals surface area contributed by atoms with Crippen molar-refractivity contribution in [2.75, 3.05) is 26.4 Å². The summed E-state index contributed by atoms with van der Waals surface area (Å²) < 4.78 is 32.8. The Morgan fingerprint density at radius 1 is 0.560 bits per heavy atom. The summed E-state index contributed by atoms with van der Waals surface area (Å²) in [5.41, 5.74) is 0. The molecule has 11 atom stereocenters. The first kappa shape index (κ1) is 44.7. The van der Waals surface area contributed by atoms with Crippen LogP contribution in [0.15, 0.2) is 0 Å². The molecule has 0 radical (unpaired) electrons. The second-order valence-electron chi connectivity index (χ2n) is 13.4. The Hall–Kier alpha value is -1.50. The Labute approximate surface area is 296 Å². The van der Waals surface area contributed by atoms with E-state index >= 15 is 0 Å². The molecule has 0 aromatic heterocycles. The van der Waals surface area contributed by atoms with Gasteiger partial charge in [-0.25, -0.2) is 0 Å². The highest BCUT2D eigenvalue weighted by molar-refractivity contribution is 5.70. The van der Waals surface area contributed by atoms with Gasteiger partial charge in [-0.15, -0.1) is 0 Å². The van der Waals surface area contributed by atoms with Gasteiger partial charge in [0.05, 0.1) is 19.8 Å². The molecule has 294 valence electrons. The largest absolute Gasteiger partial charge is 0.462 e. The number of unbranched alkanes of at least 4 members (excludes halogenated alkanes) is 12.